The highest BCUT2D eigenvalue weighted by Gasteiger charge is 2.44. The maximum absolute atomic E-state index is 12.4. The first-order chi connectivity index (χ1) is 11.3. The number of nitrogens with zero attached hydrogens (tertiary/aromatic N) is 1. The van der Waals surface area contributed by atoms with E-state index >= 15 is 0 Å². The monoisotopic (exact) mass is 484 g/mol. The predicted molar refractivity (Wildman–Crippen MR) is 97.6 cm³/mol. The first kappa shape index (κ1) is 18.1. The van der Waals surface area contributed by atoms with Gasteiger partial charge in [-0.3, -0.25) is 9.69 Å². The number of hydrogen-bond acceptors (Lipinski definition) is 5. The van der Waals surface area contributed by atoms with Gasteiger partial charge in [0.2, 0.25) is 5.88 Å². The van der Waals surface area contributed by atoms with E-state index in [4.69, 9.17) is 37.4 Å². The molecule has 0 saturated carbocycles. The maximum Gasteiger partial charge on any atom is 0.255 e. The number of ether oxygens (including phenoxy) is 3. The van der Waals surface area contributed by atoms with Gasteiger partial charge in [-0.2, -0.15) is 0 Å². The van der Waals surface area contributed by atoms with Gasteiger partial charge in [-0.05, 0) is 41.6 Å². The fourth-order valence-corrected chi connectivity index (χ4v) is 4.01. The van der Waals surface area contributed by atoms with Gasteiger partial charge in [-0.25, -0.2) is 0 Å². The number of amides is 1. The molecule has 1 unspecified atom stereocenters. The van der Waals surface area contributed by atoms with Crippen LogP contribution in [0.5, 0.6) is 5.75 Å². The number of carbonyl (C=O) groups excluding carboxylic acids is 1. The Labute approximate surface area is 163 Å². The van der Waals surface area contributed by atoms with Gasteiger partial charge < -0.3 is 19.5 Å². The molecule has 0 radical (unpaired) electrons. The predicted octanol–water partition coefficient (Wildman–Crippen LogP) is 3.32. The van der Waals surface area contributed by atoms with Gasteiger partial charge in [0.25, 0.3) is 11.8 Å². The van der Waals surface area contributed by atoms with Crippen LogP contribution in [-0.4, -0.2) is 36.0 Å². The standard InChI is InChI=1S/C15H15Cl2IN2O4/c1-8-14(21)20(15(2)22-3-4-23-15)7-12(19-8)24-13-10(16)5-9(18)6-11(13)17/h5-8,19H,3-4H2,1-2H3. The van der Waals surface area contributed by atoms with Crippen LogP contribution in [0.3, 0.4) is 0 Å². The molecule has 0 spiro atoms. The van der Waals surface area contributed by atoms with Crippen molar-refractivity contribution < 1.29 is 19.0 Å². The van der Waals surface area contributed by atoms with Crippen molar-refractivity contribution in [1.29, 1.82) is 0 Å². The van der Waals surface area contributed by atoms with E-state index in [-0.39, 0.29) is 5.91 Å². The lowest BCUT2D eigenvalue weighted by molar-refractivity contribution is -0.230. The average molecular weight is 485 g/mol. The van der Waals surface area contributed by atoms with Crippen LogP contribution in [0.1, 0.15) is 13.8 Å². The summed E-state index contributed by atoms with van der Waals surface area (Å²) in [6.45, 7) is 4.25. The Morgan fingerprint density at radius 2 is 1.92 bits per heavy atom. The summed E-state index contributed by atoms with van der Waals surface area (Å²) >= 11 is 14.5. The molecule has 2 heterocycles. The molecule has 1 amide bonds. The summed E-state index contributed by atoms with van der Waals surface area (Å²) in [6, 6.07) is 2.96. The fraction of sp³-hybridized carbons (Fsp3) is 0.400. The summed E-state index contributed by atoms with van der Waals surface area (Å²) in [7, 11) is 0. The second-order valence-corrected chi connectivity index (χ2v) is 7.52. The molecule has 0 aliphatic carbocycles. The zero-order chi connectivity index (χ0) is 17.5. The van der Waals surface area contributed by atoms with E-state index in [1.807, 2.05) is 0 Å². The molecule has 2 aliphatic heterocycles. The third kappa shape index (κ3) is 3.45. The van der Waals surface area contributed by atoms with Gasteiger partial charge >= 0.3 is 0 Å². The van der Waals surface area contributed by atoms with Crippen LogP contribution in [0.25, 0.3) is 0 Å². The van der Waals surface area contributed by atoms with Crippen LogP contribution in [0, 0.1) is 3.57 Å². The van der Waals surface area contributed by atoms with Crippen LogP contribution < -0.4 is 10.1 Å². The fourth-order valence-electron chi connectivity index (χ4n) is 2.45. The van der Waals surface area contributed by atoms with Gasteiger partial charge in [-0.15, -0.1) is 0 Å². The third-order valence-electron chi connectivity index (χ3n) is 3.65. The molecular weight excluding hydrogens is 470 g/mol. The van der Waals surface area contributed by atoms with E-state index in [2.05, 4.69) is 27.9 Å². The molecule has 3 rings (SSSR count). The minimum Gasteiger partial charge on any atom is -0.437 e. The van der Waals surface area contributed by atoms with Crippen molar-refractivity contribution in [2.75, 3.05) is 13.2 Å². The Bertz CT molecular complexity index is 684. The molecule has 1 atom stereocenters. The van der Waals surface area contributed by atoms with Gasteiger partial charge in [0.05, 0.1) is 29.5 Å². The van der Waals surface area contributed by atoms with Crippen molar-refractivity contribution in [3.8, 4) is 5.75 Å². The van der Waals surface area contributed by atoms with Crippen molar-refractivity contribution in [1.82, 2.24) is 10.2 Å². The third-order valence-corrected chi connectivity index (χ3v) is 4.83. The molecule has 1 aromatic rings. The molecule has 0 bridgehead atoms. The number of carbonyl (C=O) groups is 1. The minimum atomic E-state index is -1.15. The Balaban J connectivity index is 1.91. The van der Waals surface area contributed by atoms with Crippen LogP contribution >= 0.6 is 45.8 Å². The summed E-state index contributed by atoms with van der Waals surface area (Å²) in [4.78, 5) is 13.8. The lowest BCUT2D eigenvalue weighted by Gasteiger charge is -2.38. The first-order valence-corrected chi connectivity index (χ1v) is 9.05. The Hall–Kier alpha value is -0.740. The zero-order valence-corrected chi connectivity index (χ0v) is 16.6. The lowest BCUT2D eigenvalue weighted by Crippen LogP contribution is -2.57. The molecule has 1 fully saturated rings. The normalized spacial score (nSPS) is 23.0. The summed E-state index contributed by atoms with van der Waals surface area (Å²) < 4.78 is 17.8. The maximum atomic E-state index is 12.4. The molecule has 0 aromatic heterocycles. The number of benzene rings is 1. The largest absolute Gasteiger partial charge is 0.437 e. The van der Waals surface area contributed by atoms with E-state index in [1.165, 1.54) is 11.1 Å². The van der Waals surface area contributed by atoms with Crippen molar-refractivity contribution >= 4 is 51.7 Å². The van der Waals surface area contributed by atoms with Gasteiger partial charge in [0.1, 0.15) is 6.04 Å². The molecule has 24 heavy (non-hydrogen) atoms. The highest BCUT2D eigenvalue weighted by molar-refractivity contribution is 14.1. The summed E-state index contributed by atoms with van der Waals surface area (Å²) in [6.07, 6.45) is 1.50. The van der Waals surface area contributed by atoms with Crippen LogP contribution in [0.4, 0.5) is 0 Å². The number of nitrogens with one attached hydrogen (secondary N) is 1. The highest BCUT2D eigenvalue weighted by atomic mass is 127. The number of hydrogen-bond donors (Lipinski definition) is 1. The Morgan fingerprint density at radius 1 is 1.33 bits per heavy atom. The van der Waals surface area contributed by atoms with Crippen molar-refractivity contribution in [3.63, 3.8) is 0 Å². The van der Waals surface area contributed by atoms with Crippen LogP contribution in [0.15, 0.2) is 24.2 Å². The van der Waals surface area contributed by atoms with E-state index < -0.39 is 12.0 Å². The van der Waals surface area contributed by atoms with Gasteiger partial charge in [-0.1, -0.05) is 23.2 Å². The van der Waals surface area contributed by atoms with E-state index in [9.17, 15) is 4.79 Å². The SMILES string of the molecule is CC1NC(Oc2c(Cl)cc(I)cc2Cl)=CN(C2(C)OCCO2)C1=O. The molecule has 1 aromatic carbocycles. The average Bonchev–Trinajstić information content (AvgIpc) is 2.94. The van der Waals surface area contributed by atoms with Crippen molar-refractivity contribution in [2.45, 2.75) is 25.8 Å². The Morgan fingerprint density at radius 3 is 2.50 bits per heavy atom. The number of halogens is 3. The molecule has 2 aliphatic rings. The van der Waals surface area contributed by atoms with Gasteiger partial charge in [0.15, 0.2) is 5.75 Å². The quantitative estimate of drug-likeness (QED) is 0.667. The summed E-state index contributed by atoms with van der Waals surface area (Å²) in [5, 5.41) is 3.73. The molecule has 6 nitrogen and oxygen atoms in total. The van der Waals surface area contributed by atoms with E-state index in [1.54, 1.807) is 26.0 Å². The zero-order valence-electron chi connectivity index (χ0n) is 12.9. The molecule has 1 saturated heterocycles. The topological polar surface area (TPSA) is 60.0 Å². The smallest absolute Gasteiger partial charge is 0.255 e. The molecule has 130 valence electrons. The molecule has 1 N–H and O–H groups in total. The van der Waals surface area contributed by atoms with Crippen LogP contribution in [0.2, 0.25) is 10.0 Å². The van der Waals surface area contributed by atoms with Gasteiger partial charge in [0, 0.05) is 10.5 Å². The second kappa shape index (κ2) is 6.87. The Kier molecular flexibility index (Phi) is 5.17. The number of rotatable bonds is 3. The summed E-state index contributed by atoms with van der Waals surface area (Å²) in [5.41, 5.74) is 0. The minimum absolute atomic E-state index is 0.188. The molecular formula is C15H15Cl2IN2O4. The van der Waals surface area contributed by atoms with E-state index in [0.29, 0.717) is 34.9 Å². The second-order valence-electron chi connectivity index (χ2n) is 5.46. The van der Waals surface area contributed by atoms with E-state index in [0.717, 1.165) is 3.57 Å². The highest BCUT2D eigenvalue weighted by Crippen LogP contribution is 2.36. The lowest BCUT2D eigenvalue weighted by atomic mass is 10.2. The van der Waals surface area contributed by atoms with Crippen LogP contribution in [-0.2, 0) is 14.3 Å². The molecule has 9 heteroatoms. The first-order valence-electron chi connectivity index (χ1n) is 7.22. The van der Waals surface area contributed by atoms with Crippen molar-refractivity contribution in [3.05, 3.63) is 37.8 Å². The summed E-state index contributed by atoms with van der Waals surface area (Å²) in [5.74, 6) is -0.696. The van der Waals surface area contributed by atoms with Crippen molar-refractivity contribution in [2.24, 2.45) is 0 Å².